The number of halogens is 1. The number of carbonyl (C=O) groups is 1. The van der Waals surface area contributed by atoms with Crippen LogP contribution < -0.4 is 4.74 Å². The summed E-state index contributed by atoms with van der Waals surface area (Å²) in [5.74, 6) is -1.95. The number of rotatable bonds is 8. The van der Waals surface area contributed by atoms with Crippen LogP contribution in [0.4, 0.5) is 10.1 Å². The number of carbonyl (C=O) groups excluding carboxylic acids is 1. The lowest BCUT2D eigenvalue weighted by Crippen LogP contribution is -2.31. The van der Waals surface area contributed by atoms with Gasteiger partial charge in [-0.05, 0) is 30.2 Å². The van der Waals surface area contributed by atoms with E-state index in [1.165, 1.54) is 0 Å². The van der Waals surface area contributed by atoms with Crippen molar-refractivity contribution in [1.82, 2.24) is 0 Å². The molecule has 10 heteroatoms. The number of ether oxygens (including phenoxy) is 2. The van der Waals surface area contributed by atoms with E-state index in [9.17, 15) is 19.3 Å². The van der Waals surface area contributed by atoms with E-state index >= 15 is 0 Å². The minimum atomic E-state index is -1.44. The second-order valence-corrected chi connectivity index (χ2v) is 5.22. The number of nitro groups is 1. The van der Waals surface area contributed by atoms with E-state index < -0.39 is 34.5 Å². The monoisotopic (exact) mass is 374 g/mol. The largest absolute Gasteiger partial charge is 0.478 e. The van der Waals surface area contributed by atoms with E-state index in [0.29, 0.717) is 11.6 Å². The Balaban J connectivity index is 2.53. The Labute approximate surface area is 153 Å². The predicted molar refractivity (Wildman–Crippen MR) is 92.4 cm³/mol. The van der Waals surface area contributed by atoms with Crippen molar-refractivity contribution in [2.75, 3.05) is 6.61 Å². The van der Waals surface area contributed by atoms with Crippen molar-refractivity contribution in [3.63, 3.8) is 0 Å². The van der Waals surface area contributed by atoms with Crippen molar-refractivity contribution < 1.29 is 23.6 Å². The number of hydrogen-bond donors (Lipinski definition) is 0. The molecule has 0 aliphatic carbocycles. The van der Waals surface area contributed by atoms with Crippen LogP contribution in [-0.4, -0.2) is 23.5 Å². The van der Waals surface area contributed by atoms with Gasteiger partial charge in [-0.2, -0.15) is 0 Å². The molecular formula is C17H15FN4O5. The molecule has 2 aromatic rings. The zero-order valence-electron chi connectivity index (χ0n) is 14.2. The number of esters is 1. The van der Waals surface area contributed by atoms with Crippen LogP contribution in [0.2, 0.25) is 0 Å². The Morgan fingerprint density at radius 2 is 2.04 bits per heavy atom. The van der Waals surface area contributed by atoms with Gasteiger partial charge in [0.2, 0.25) is 0 Å². The lowest BCUT2D eigenvalue weighted by molar-refractivity contribution is -0.386. The van der Waals surface area contributed by atoms with E-state index in [0.717, 1.165) is 12.1 Å². The minimum absolute atomic E-state index is 0.0362. The smallest absolute Gasteiger partial charge is 0.319 e. The molecule has 0 fully saturated rings. The highest BCUT2D eigenvalue weighted by molar-refractivity contribution is 5.77. The van der Waals surface area contributed by atoms with E-state index in [-0.39, 0.29) is 12.4 Å². The third-order valence-electron chi connectivity index (χ3n) is 3.49. The quantitative estimate of drug-likeness (QED) is 0.172. The molecule has 9 nitrogen and oxygen atoms in total. The summed E-state index contributed by atoms with van der Waals surface area (Å²) < 4.78 is 23.9. The molecule has 0 saturated carbocycles. The summed E-state index contributed by atoms with van der Waals surface area (Å²) in [6.45, 7) is 1.61. The molecule has 0 spiro atoms. The second-order valence-electron chi connectivity index (χ2n) is 5.22. The Kier molecular flexibility index (Phi) is 6.67. The Morgan fingerprint density at radius 1 is 1.33 bits per heavy atom. The Morgan fingerprint density at radius 3 is 2.63 bits per heavy atom. The van der Waals surface area contributed by atoms with Crippen LogP contribution in [0.5, 0.6) is 5.75 Å². The molecule has 0 N–H and O–H groups in total. The molecule has 0 aliphatic heterocycles. The first-order valence-corrected chi connectivity index (χ1v) is 7.84. The van der Waals surface area contributed by atoms with E-state index in [1.54, 1.807) is 37.3 Å². The van der Waals surface area contributed by atoms with Gasteiger partial charge in [0.1, 0.15) is 11.9 Å². The number of nitrogens with zero attached hydrogens (tertiary/aromatic N) is 4. The van der Waals surface area contributed by atoms with Crippen LogP contribution in [0, 0.1) is 15.9 Å². The summed E-state index contributed by atoms with van der Waals surface area (Å²) in [7, 11) is 0. The molecule has 0 amide bonds. The van der Waals surface area contributed by atoms with Crippen molar-refractivity contribution in [2.45, 2.75) is 19.1 Å². The van der Waals surface area contributed by atoms with Crippen molar-refractivity contribution in [1.29, 1.82) is 0 Å². The zero-order chi connectivity index (χ0) is 19.8. The molecule has 0 heterocycles. The van der Waals surface area contributed by atoms with Gasteiger partial charge in [-0.15, -0.1) is 0 Å². The summed E-state index contributed by atoms with van der Waals surface area (Å²) in [5, 5.41) is 14.7. The lowest BCUT2D eigenvalue weighted by atomic mass is 10.0. The number of hydrogen-bond acceptors (Lipinski definition) is 6. The molecule has 0 unspecified atom stereocenters. The van der Waals surface area contributed by atoms with Gasteiger partial charge in [-0.3, -0.25) is 14.9 Å². The fourth-order valence-electron chi connectivity index (χ4n) is 2.34. The maximum atomic E-state index is 13.4. The van der Waals surface area contributed by atoms with Gasteiger partial charge in [0, 0.05) is 4.91 Å². The number of azide groups is 1. The number of nitro benzene ring substituents is 1. The average molecular weight is 374 g/mol. The van der Waals surface area contributed by atoms with Gasteiger partial charge in [-0.1, -0.05) is 35.4 Å². The molecule has 0 saturated heterocycles. The Hall–Kier alpha value is -3.65. The predicted octanol–water partition coefficient (Wildman–Crippen LogP) is 4.10. The topological polar surface area (TPSA) is 127 Å². The van der Waals surface area contributed by atoms with Gasteiger partial charge in [0.15, 0.2) is 11.8 Å². The van der Waals surface area contributed by atoms with Crippen LogP contribution in [0.15, 0.2) is 53.6 Å². The summed E-state index contributed by atoms with van der Waals surface area (Å²) in [5.41, 5.74) is 8.62. The Bertz CT molecular complexity index is 871. The molecule has 2 atom stereocenters. The lowest BCUT2D eigenvalue weighted by Gasteiger charge is -2.23. The zero-order valence-corrected chi connectivity index (χ0v) is 14.2. The van der Waals surface area contributed by atoms with Crippen molar-refractivity contribution in [2.24, 2.45) is 5.11 Å². The van der Waals surface area contributed by atoms with Crippen molar-refractivity contribution in [3.8, 4) is 5.75 Å². The SMILES string of the molecule is CCOC(=O)[C@H](N=[N+]=[N-])[C@H](Oc1ccc(F)cc1[N+](=O)[O-])c1ccccc1. The van der Waals surface area contributed by atoms with Gasteiger partial charge >= 0.3 is 11.7 Å². The molecule has 27 heavy (non-hydrogen) atoms. The summed E-state index contributed by atoms with van der Waals surface area (Å²) >= 11 is 0. The van der Waals surface area contributed by atoms with Crippen LogP contribution in [0.1, 0.15) is 18.6 Å². The molecule has 0 bridgehead atoms. The van der Waals surface area contributed by atoms with Crippen LogP contribution in [-0.2, 0) is 9.53 Å². The molecule has 140 valence electrons. The molecule has 2 rings (SSSR count). The highest BCUT2D eigenvalue weighted by atomic mass is 19.1. The average Bonchev–Trinajstić information content (AvgIpc) is 2.66. The summed E-state index contributed by atoms with van der Waals surface area (Å²) in [6, 6.07) is 9.53. The summed E-state index contributed by atoms with van der Waals surface area (Å²) in [6.07, 6.45) is -1.22. The fraction of sp³-hybridized carbons (Fsp3) is 0.235. The third kappa shape index (κ3) is 4.93. The minimum Gasteiger partial charge on any atom is -0.478 e. The molecule has 0 aromatic heterocycles. The normalized spacial score (nSPS) is 12.4. The molecule has 0 aliphatic rings. The molecule has 2 aromatic carbocycles. The van der Waals surface area contributed by atoms with Crippen molar-refractivity contribution in [3.05, 3.63) is 80.5 Å². The second kappa shape index (κ2) is 9.16. The highest BCUT2D eigenvalue weighted by Gasteiger charge is 2.33. The third-order valence-corrected chi connectivity index (χ3v) is 3.49. The van der Waals surface area contributed by atoms with Crippen molar-refractivity contribution >= 4 is 11.7 Å². The van der Waals surface area contributed by atoms with Gasteiger partial charge in [0.05, 0.1) is 17.6 Å². The standard InChI is InChI=1S/C17H15FN4O5/c1-2-26-17(23)15(20-21-19)16(11-6-4-3-5-7-11)27-14-9-8-12(18)10-13(14)22(24)25/h3-10,15-16H,2H2,1H3/t15-,16-/m1/s1. The summed E-state index contributed by atoms with van der Waals surface area (Å²) in [4.78, 5) is 25.3. The van der Waals surface area contributed by atoms with Gasteiger partial charge in [-0.25, -0.2) is 4.39 Å². The van der Waals surface area contributed by atoms with Crippen LogP contribution >= 0.6 is 0 Å². The maximum Gasteiger partial charge on any atom is 0.319 e. The van der Waals surface area contributed by atoms with Crippen LogP contribution in [0.3, 0.4) is 0 Å². The highest BCUT2D eigenvalue weighted by Crippen LogP contribution is 2.34. The first kappa shape index (κ1) is 19.7. The van der Waals surface area contributed by atoms with E-state index in [1.807, 2.05) is 0 Å². The maximum absolute atomic E-state index is 13.4. The van der Waals surface area contributed by atoms with E-state index in [4.69, 9.17) is 15.0 Å². The van der Waals surface area contributed by atoms with E-state index in [2.05, 4.69) is 10.0 Å². The molecular weight excluding hydrogens is 359 g/mol. The molecule has 0 radical (unpaired) electrons. The fourth-order valence-corrected chi connectivity index (χ4v) is 2.34. The van der Waals surface area contributed by atoms with Gasteiger partial charge in [0.25, 0.3) is 0 Å². The van der Waals surface area contributed by atoms with Gasteiger partial charge < -0.3 is 9.47 Å². The first-order chi connectivity index (χ1) is 13.0. The first-order valence-electron chi connectivity index (χ1n) is 7.84. The number of benzene rings is 2. The van der Waals surface area contributed by atoms with Crippen LogP contribution in [0.25, 0.3) is 10.4 Å².